The number of allylic oxidation sites excluding steroid dienone is 1. The SMILES string of the molecule is COC1=CC2CCNCC2C=C1OC. The number of nitrogens with one attached hydrogen (secondary N) is 1. The van der Waals surface area contributed by atoms with E-state index in [0.717, 1.165) is 24.6 Å². The van der Waals surface area contributed by atoms with Gasteiger partial charge in [0.15, 0.2) is 11.5 Å². The molecule has 2 unspecified atom stereocenters. The first-order chi connectivity index (χ1) is 6.85. The summed E-state index contributed by atoms with van der Waals surface area (Å²) in [6.45, 7) is 2.15. The van der Waals surface area contributed by atoms with Crippen LogP contribution in [0.15, 0.2) is 23.7 Å². The molecule has 0 spiro atoms. The Morgan fingerprint density at radius 1 is 1.14 bits per heavy atom. The van der Waals surface area contributed by atoms with Gasteiger partial charge in [-0.25, -0.2) is 0 Å². The molecular weight excluding hydrogens is 178 g/mol. The highest BCUT2D eigenvalue weighted by atomic mass is 16.5. The molecule has 3 nitrogen and oxygen atoms in total. The van der Waals surface area contributed by atoms with Gasteiger partial charge in [0.25, 0.3) is 0 Å². The fraction of sp³-hybridized carbons (Fsp3) is 0.636. The van der Waals surface area contributed by atoms with Crippen molar-refractivity contribution < 1.29 is 9.47 Å². The Balaban J connectivity index is 2.19. The number of methoxy groups -OCH3 is 2. The van der Waals surface area contributed by atoms with Crippen LogP contribution in [0.1, 0.15) is 6.42 Å². The lowest BCUT2D eigenvalue weighted by atomic mass is 9.82. The first-order valence-electron chi connectivity index (χ1n) is 5.08. The van der Waals surface area contributed by atoms with Crippen molar-refractivity contribution in [2.75, 3.05) is 27.3 Å². The monoisotopic (exact) mass is 195 g/mol. The smallest absolute Gasteiger partial charge is 0.156 e. The zero-order valence-corrected chi connectivity index (χ0v) is 8.75. The molecule has 78 valence electrons. The zero-order chi connectivity index (χ0) is 9.97. The van der Waals surface area contributed by atoms with Gasteiger partial charge in [-0.2, -0.15) is 0 Å². The Labute approximate surface area is 84.8 Å². The topological polar surface area (TPSA) is 30.5 Å². The standard InChI is InChI=1S/C11H17NO2/c1-13-10-5-8-3-4-12-7-9(8)6-11(10)14-2/h5-6,8-9,12H,3-4,7H2,1-2H3. The number of ether oxygens (including phenoxy) is 2. The molecule has 1 aliphatic heterocycles. The third-order valence-electron chi connectivity index (χ3n) is 3.00. The summed E-state index contributed by atoms with van der Waals surface area (Å²) in [4.78, 5) is 0. The maximum Gasteiger partial charge on any atom is 0.156 e. The summed E-state index contributed by atoms with van der Waals surface area (Å²) < 4.78 is 10.6. The molecule has 2 rings (SSSR count). The van der Waals surface area contributed by atoms with Crippen molar-refractivity contribution >= 4 is 0 Å². The fourth-order valence-corrected chi connectivity index (χ4v) is 2.18. The highest BCUT2D eigenvalue weighted by Gasteiger charge is 2.28. The van der Waals surface area contributed by atoms with Gasteiger partial charge >= 0.3 is 0 Å². The van der Waals surface area contributed by atoms with Crippen molar-refractivity contribution in [3.8, 4) is 0 Å². The van der Waals surface area contributed by atoms with Crippen LogP contribution in [0.4, 0.5) is 0 Å². The molecule has 1 N–H and O–H groups in total. The molecule has 3 heteroatoms. The molecule has 0 aromatic carbocycles. The van der Waals surface area contributed by atoms with Crippen molar-refractivity contribution in [3.63, 3.8) is 0 Å². The molecule has 1 heterocycles. The maximum atomic E-state index is 5.29. The number of piperidine rings is 1. The highest BCUT2D eigenvalue weighted by molar-refractivity contribution is 5.27. The summed E-state index contributed by atoms with van der Waals surface area (Å²) in [5.74, 6) is 2.94. The summed E-state index contributed by atoms with van der Waals surface area (Å²) in [6.07, 6.45) is 5.56. The predicted octanol–water partition coefficient (Wildman–Crippen LogP) is 1.29. The van der Waals surface area contributed by atoms with Gasteiger partial charge in [-0.3, -0.25) is 0 Å². The third-order valence-corrected chi connectivity index (χ3v) is 3.00. The Kier molecular flexibility index (Phi) is 2.77. The lowest BCUT2D eigenvalue weighted by Crippen LogP contribution is -2.36. The largest absolute Gasteiger partial charge is 0.493 e. The van der Waals surface area contributed by atoms with Gasteiger partial charge in [-0.15, -0.1) is 0 Å². The van der Waals surface area contributed by atoms with E-state index in [1.807, 2.05) is 0 Å². The second kappa shape index (κ2) is 4.05. The van der Waals surface area contributed by atoms with Crippen LogP contribution in [0.2, 0.25) is 0 Å². The van der Waals surface area contributed by atoms with Gasteiger partial charge in [0, 0.05) is 6.54 Å². The minimum atomic E-state index is 0.567. The van der Waals surface area contributed by atoms with Crippen LogP contribution in [0.3, 0.4) is 0 Å². The molecule has 2 aliphatic rings. The third kappa shape index (κ3) is 1.64. The molecule has 1 fully saturated rings. The Hall–Kier alpha value is -0.960. The van der Waals surface area contributed by atoms with Gasteiger partial charge in [0.1, 0.15) is 0 Å². The van der Waals surface area contributed by atoms with Crippen LogP contribution >= 0.6 is 0 Å². The van der Waals surface area contributed by atoms with Gasteiger partial charge < -0.3 is 14.8 Å². The van der Waals surface area contributed by atoms with Crippen molar-refractivity contribution in [2.24, 2.45) is 11.8 Å². The molecule has 0 radical (unpaired) electrons. The van der Waals surface area contributed by atoms with Crippen molar-refractivity contribution in [1.82, 2.24) is 5.32 Å². The van der Waals surface area contributed by atoms with Crippen molar-refractivity contribution in [2.45, 2.75) is 6.42 Å². The van der Waals surface area contributed by atoms with Crippen LogP contribution in [-0.4, -0.2) is 27.3 Å². The lowest BCUT2D eigenvalue weighted by molar-refractivity contribution is 0.199. The minimum Gasteiger partial charge on any atom is -0.493 e. The van der Waals surface area contributed by atoms with Crippen LogP contribution in [-0.2, 0) is 9.47 Å². The average molecular weight is 195 g/mol. The second-order valence-electron chi connectivity index (χ2n) is 3.79. The minimum absolute atomic E-state index is 0.567. The van der Waals surface area contributed by atoms with E-state index < -0.39 is 0 Å². The van der Waals surface area contributed by atoms with E-state index in [-0.39, 0.29) is 0 Å². The molecule has 0 bridgehead atoms. The molecule has 1 saturated heterocycles. The number of fused-ring (bicyclic) bond motifs is 1. The molecule has 14 heavy (non-hydrogen) atoms. The average Bonchev–Trinajstić information content (AvgIpc) is 2.27. The fourth-order valence-electron chi connectivity index (χ4n) is 2.18. The molecule has 0 aromatic rings. The first kappa shape index (κ1) is 9.59. The molecule has 1 aliphatic carbocycles. The zero-order valence-electron chi connectivity index (χ0n) is 8.75. The lowest BCUT2D eigenvalue weighted by Gasteiger charge is -2.32. The van der Waals surface area contributed by atoms with Gasteiger partial charge in [0.2, 0.25) is 0 Å². The summed E-state index contributed by atoms with van der Waals surface area (Å²) in [5, 5.41) is 3.39. The van der Waals surface area contributed by atoms with Crippen LogP contribution in [0, 0.1) is 11.8 Å². The first-order valence-corrected chi connectivity index (χ1v) is 5.08. The quantitative estimate of drug-likeness (QED) is 0.720. The van der Waals surface area contributed by atoms with Crippen molar-refractivity contribution in [3.05, 3.63) is 23.7 Å². The van der Waals surface area contributed by atoms with E-state index in [9.17, 15) is 0 Å². The molecule has 0 aromatic heterocycles. The van der Waals surface area contributed by atoms with Crippen LogP contribution in [0.25, 0.3) is 0 Å². The number of hydrogen-bond donors (Lipinski definition) is 1. The molecular formula is C11H17NO2. The summed E-state index contributed by atoms with van der Waals surface area (Å²) in [5.41, 5.74) is 0. The normalized spacial score (nSPS) is 31.3. The van der Waals surface area contributed by atoms with Crippen LogP contribution < -0.4 is 5.32 Å². The van der Waals surface area contributed by atoms with Crippen LogP contribution in [0.5, 0.6) is 0 Å². The van der Waals surface area contributed by atoms with E-state index in [4.69, 9.17) is 9.47 Å². The Morgan fingerprint density at radius 3 is 2.43 bits per heavy atom. The Bertz CT molecular complexity index is 242. The molecule has 0 amide bonds. The van der Waals surface area contributed by atoms with Gasteiger partial charge in [-0.1, -0.05) is 0 Å². The van der Waals surface area contributed by atoms with E-state index in [1.165, 1.54) is 6.42 Å². The van der Waals surface area contributed by atoms with Gasteiger partial charge in [-0.05, 0) is 37.0 Å². The van der Waals surface area contributed by atoms with E-state index in [1.54, 1.807) is 14.2 Å². The Morgan fingerprint density at radius 2 is 1.79 bits per heavy atom. The van der Waals surface area contributed by atoms with Crippen molar-refractivity contribution in [1.29, 1.82) is 0 Å². The van der Waals surface area contributed by atoms with Gasteiger partial charge in [0.05, 0.1) is 14.2 Å². The maximum absolute atomic E-state index is 5.29. The second-order valence-corrected chi connectivity index (χ2v) is 3.79. The summed E-state index contributed by atoms with van der Waals surface area (Å²) >= 11 is 0. The van der Waals surface area contributed by atoms with E-state index in [0.29, 0.717) is 11.8 Å². The van der Waals surface area contributed by atoms with E-state index in [2.05, 4.69) is 17.5 Å². The molecule has 2 atom stereocenters. The predicted molar refractivity (Wildman–Crippen MR) is 54.7 cm³/mol. The number of hydrogen-bond acceptors (Lipinski definition) is 3. The summed E-state index contributed by atoms with van der Waals surface area (Å²) in [7, 11) is 3.38. The van der Waals surface area contributed by atoms with E-state index >= 15 is 0 Å². The highest BCUT2D eigenvalue weighted by Crippen LogP contribution is 2.31. The summed E-state index contributed by atoms with van der Waals surface area (Å²) in [6, 6.07) is 0. The number of rotatable bonds is 2. The molecule has 0 saturated carbocycles.